The number of allylic oxidation sites excluding steroid dienone is 3. The quantitative estimate of drug-likeness (QED) is 0.486. The molecule has 0 atom stereocenters. The first-order chi connectivity index (χ1) is 9.36. The Hall–Kier alpha value is -1.30. The third-order valence-corrected chi connectivity index (χ3v) is 3.62. The van der Waals surface area contributed by atoms with Crippen LogP contribution in [0, 0.1) is 0 Å². The van der Waals surface area contributed by atoms with Crippen molar-refractivity contribution in [1.82, 2.24) is 0 Å². The highest BCUT2D eigenvalue weighted by Gasteiger charge is 2.20. The zero-order chi connectivity index (χ0) is 14.1. The summed E-state index contributed by atoms with van der Waals surface area (Å²) in [5.41, 5.74) is 6.59. The van der Waals surface area contributed by atoms with Crippen molar-refractivity contribution in [2.75, 3.05) is 0 Å². The maximum absolute atomic E-state index is 3.36. The predicted octanol–water partition coefficient (Wildman–Crippen LogP) is 6.18. The van der Waals surface area contributed by atoms with Gasteiger partial charge < -0.3 is 0 Å². The lowest BCUT2D eigenvalue weighted by atomic mass is 9.78. The summed E-state index contributed by atoms with van der Waals surface area (Å²) in [4.78, 5) is 0. The Kier molecular flexibility index (Phi) is 7.25. The molecule has 2 aliphatic carbocycles. The van der Waals surface area contributed by atoms with Gasteiger partial charge in [0.05, 0.1) is 0 Å². The Morgan fingerprint density at radius 1 is 0.947 bits per heavy atom. The molecule has 0 saturated carbocycles. The zero-order valence-electron chi connectivity index (χ0n) is 12.8. The monoisotopic (exact) mass is 256 g/mol. The van der Waals surface area contributed by atoms with E-state index in [1.165, 1.54) is 38.5 Å². The number of rotatable bonds is 0. The van der Waals surface area contributed by atoms with E-state index >= 15 is 0 Å². The van der Waals surface area contributed by atoms with Crippen molar-refractivity contribution in [3.8, 4) is 0 Å². The highest BCUT2D eigenvalue weighted by atomic mass is 14.2. The van der Waals surface area contributed by atoms with E-state index < -0.39 is 0 Å². The summed E-state index contributed by atoms with van der Waals surface area (Å²) in [7, 11) is 0. The van der Waals surface area contributed by atoms with Crippen LogP contribution in [0.15, 0.2) is 42.5 Å². The fraction of sp³-hybridized carbons (Fsp3) is 0.474. The van der Waals surface area contributed by atoms with Gasteiger partial charge in [-0.2, -0.15) is 0 Å². The van der Waals surface area contributed by atoms with Crippen LogP contribution in [0.3, 0.4) is 0 Å². The molecule has 3 rings (SSSR count). The molecule has 0 aromatic heterocycles. The van der Waals surface area contributed by atoms with Crippen LogP contribution < -0.4 is 0 Å². The van der Waals surface area contributed by atoms with Gasteiger partial charge in [-0.15, -0.1) is 6.58 Å². The third kappa shape index (κ3) is 4.09. The lowest BCUT2D eigenvalue weighted by Crippen LogP contribution is -2.08. The molecule has 0 amide bonds. The second-order valence-corrected chi connectivity index (χ2v) is 4.85. The van der Waals surface area contributed by atoms with E-state index in [2.05, 4.69) is 30.8 Å². The molecule has 0 spiro atoms. The number of benzene rings is 1. The van der Waals surface area contributed by atoms with Gasteiger partial charge >= 0.3 is 0 Å². The van der Waals surface area contributed by atoms with Crippen LogP contribution in [0.2, 0.25) is 0 Å². The zero-order valence-corrected chi connectivity index (χ0v) is 12.8. The summed E-state index contributed by atoms with van der Waals surface area (Å²) in [5.74, 6) is 0. The van der Waals surface area contributed by atoms with Crippen molar-refractivity contribution >= 4 is 5.57 Å². The van der Waals surface area contributed by atoms with Gasteiger partial charge in [0.25, 0.3) is 0 Å². The molecule has 1 aromatic carbocycles. The molecule has 0 N–H and O–H groups in total. The Morgan fingerprint density at radius 2 is 1.58 bits per heavy atom. The molecule has 0 heterocycles. The Bertz CT molecular complexity index is 423. The molecule has 0 radical (unpaired) electrons. The van der Waals surface area contributed by atoms with Crippen LogP contribution in [0.5, 0.6) is 0 Å². The highest BCUT2D eigenvalue weighted by Crippen LogP contribution is 2.39. The molecule has 19 heavy (non-hydrogen) atoms. The van der Waals surface area contributed by atoms with Gasteiger partial charge in [0.1, 0.15) is 0 Å². The van der Waals surface area contributed by atoms with Gasteiger partial charge in [0.15, 0.2) is 0 Å². The van der Waals surface area contributed by atoms with Crippen LogP contribution in [-0.4, -0.2) is 0 Å². The van der Waals surface area contributed by atoms with E-state index in [-0.39, 0.29) is 0 Å². The van der Waals surface area contributed by atoms with Gasteiger partial charge in [-0.1, -0.05) is 49.8 Å². The molecular weight excluding hydrogens is 228 g/mol. The van der Waals surface area contributed by atoms with Gasteiger partial charge in [-0.05, 0) is 62.1 Å². The second-order valence-electron chi connectivity index (χ2n) is 4.85. The van der Waals surface area contributed by atoms with E-state index in [4.69, 9.17) is 0 Å². The fourth-order valence-corrected chi connectivity index (χ4v) is 2.89. The second kappa shape index (κ2) is 8.74. The van der Waals surface area contributed by atoms with Crippen molar-refractivity contribution in [3.63, 3.8) is 0 Å². The van der Waals surface area contributed by atoms with Crippen LogP contribution in [0.4, 0.5) is 0 Å². The van der Waals surface area contributed by atoms with Gasteiger partial charge in [0, 0.05) is 0 Å². The molecule has 0 saturated heterocycles. The van der Waals surface area contributed by atoms with Crippen molar-refractivity contribution in [2.24, 2.45) is 0 Å². The van der Waals surface area contributed by atoms with Crippen molar-refractivity contribution < 1.29 is 0 Å². The summed E-state index contributed by atoms with van der Waals surface area (Å²) in [6.45, 7) is 9.25. The Balaban J connectivity index is 0.000000321. The lowest BCUT2D eigenvalue weighted by molar-refractivity contribution is 0.675. The maximum Gasteiger partial charge on any atom is -0.0193 e. The first-order valence-electron chi connectivity index (χ1n) is 7.73. The summed E-state index contributed by atoms with van der Waals surface area (Å²) in [6, 6.07) is 8.97. The minimum absolute atomic E-state index is 1.27. The third-order valence-electron chi connectivity index (χ3n) is 3.62. The standard InChI is InChI=1S/C14H16.C3H6.C2H6/c1-3-7-13-11(5-1)9-10-12-6-2-4-8-14(12)13;1-3-2;1-2/h1,3,5,7H,2,4,6,8-10H2;3H,1H2,2H3;1-2H3. The SMILES string of the molecule is C=CC.CC.c1ccc2c(c1)CCC1=C2CCCC1. The number of aryl methyl sites for hydroxylation is 1. The minimum Gasteiger partial charge on any atom is -0.103 e. The Labute approximate surface area is 119 Å². The minimum atomic E-state index is 1.27. The molecule has 0 nitrogen and oxygen atoms in total. The van der Waals surface area contributed by atoms with E-state index in [9.17, 15) is 0 Å². The van der Waals surface area contributed by atoms with Crippen molar-refractivity contribution in [2.45, 2.75) is 59.3 Å². The molecule has 1 aromatic rings. The molecule has 2 aliphatic rings. The topological polar surface area (TPSA) is 0 Å². The molecular formula is C19H28. The Morgan fingerprint density at radius 3 is 2.32 bits per heavy atom. The van der Waals surface area contributed by atoms with Crippen LogP contribution in [-0.2, 0) is 6.42 Å². The molecule has 0 heteroatoms. The van der Waals surface area contributed by atoms with Crippen molar-refractivity contribution in [1.29, 1.82) is 0 Å². The van der Waals surface area contributed by atoms with Crippen LogP contribution in [0.1, 0.15) is 64.0 Å². The van der Waals surface area contributed by atoms with Crippen LogP contribution in [0.25, 0.3) is 5.57 Å². The molecule has 0 fully saturated rings. The lowest BCUT2D eigenvalue weighted by Gasteiger charge is -2.27. The first kappa shape index (κ1) is 15.8. The summed E-state index contributed by atoms with van der Waals surface area (Å²) < 4.78 is 0. The summed E-state index contributed by atoms with van der Waals surface area (Å²) in [6.07, 6.45) is 9.85. The summed E-state index contributed by atoms with van der Waals surface area (Å²) >= 11 is 0. The fourth-order valence-electron chi connectivity index (χ4n) is 2.89. The average Bonchev–Trinajstić information content (AvgIpc) is 2.50. The molecule has 0 aliphatic heterocycles. The van der Waals surface area contributed by atoms with E-state index in [1.807, 2.05) is 20.8 Å². The maximum atomic E-state index is 3.36. The summed E-state index contributed by atoms with van der Waals surface area (Å²) in [5, 5.41) is 0. The number of fused-ring (bicyclic) bond motifs is 2. The number of hydrogen-bond donors (Lipinski definition) is 0. The molecule has 104 valence electrons. The van der Waals surface area contributed by atoms with E-state index in [0.717, 1.165) is 0 Å². The molecule has 0 unspecified atom stereocenters. The first-order valence-corrected chi connectivity index (χ1v) is 7.73. The largest absolute Gasteiger partial charge is 0.103 e. The predicted molar refractivity (Wildman–Crippen MR) is 87.4 cm³/mol. The molecule has 0 bridgehead atoms. The average molecular weight is 256 g/mol. The normalized spacial score (nSPS) is 15.9. The van der Waals surface area contributed by atoms with E-state index in [0.29, 0.717) is 0 Å². The van der Waals surface area contributed by atoms with Gasteiger partial charge in [-0.25, -0.2) is 0 Å². The highest BCUT2D eigenvalue weighted by molar-refractivity contribution is 5.73. The van der Waals surface area contributed by atoms with Crippen molar-refractivity contribution in [3.05, 3.63) is 53.6 Å². The smallest absolute Gasteiger partial charge is 0.0193 e. The van der Waals surface area contributed by atoms with Gasteiger partial charge in [-0.3, -0.25) is 0 Å². The number of hydrogen-bond acceptors (Lipinski definition) is 0. The van der Waals surface area contributed by atoms with Gasteiger partial charge in [0.2, 0.25) is 0 Å². The van der Waals surface area contributed by atoms with Crippen LogP contribution >= 0.6 is 0 Å². The van der Waals surface area contributed by atoms with E-state index in [1.54, 1.807) is 28.3 Å².